The van der Waals surface area contributed by atoms with Crippen LogP contribution in [0.5, 0.6) is 0 Å². The molecule has 0 unspecified atom stereocenters. The highest BCUT2D eigenvalue weighted by atomic mass is 16.3. The van der Waals surface area contributed by atoms with E-state index in [1.165, 1.54) is 0 Å². The Hall–Kier alpha value is -1.20. The highest BCUT2D eigenvalue weighted by Gasteiger charge is 2.14. The van der Waals surface area contributed by atoms with Gasteiger partial charge in [0.15, 0.2) is 0 Å². The molecule has 1 heterocycles. The van der Waals surface area contributed by atoms with Crippen molar-refractivity contribution >= 4 is 5.95 Å². The van der Waals surface area contributed by atoms with Crippen LogP contribution in [0.25, 0.3) is 0 Å². The van der Waals surface area contributed by atoms with E-state index in [1.807, 2.05) is 13.8 Å². The Morgan fingerprint density at radius 3 is 2.50 bits per heavy atom. The number of rotatable bonds is 4. The highest BCUT2D eigenvalue weighted by molar-refractivity contribution is 5.17. The summed E-state index contributed by atoms with van der Waals surface area (Å²) in [5.41, 5.74) is 6.01. The van der Waals surface area contributed by atoms with Gasteiger partial charge in [-0.3, -0.25) is 0 Å². The van der Waals surface area contributed by atoms with Crippen LogP contribution in [0.2, 0.25) is 0 Å². The van der Waals surface area contributed by atoms with E-state index in [2.05, 4.69) is 15.3 Å². The number of hydrogen-bond acceptors (Lipinski definition) is 5. The summed E-state index contributed by atoms with van der Waals surface area (Å²) in [7, 11) is 0. The van der Waals surface area contributed by atoms with Gasteiger partial charge in [0.2, 0.25) is 5.95 Å². The fourth-order valence-electron chi connectivity index (χ4n) is 0.853. The van der Waals surface area contributed by atoms with E-state index in [9.17, 15) is 0 Å². The van der Waals surface area contributed by atoms with Gasteiger partial charge in [0.05, 0.1) is 6.61 Å². The second-order valence-corrected chi connectivity index (χ2v) is 3.85. The van der Waals surface area contributed by atoms with Crippen molar-refractivity contribution in [3.63, 3.8) is 0 Å². The molecule has 1 rings (SSSR count). The number of aromatic nitrogens is 2. The number of hydrogen-bond donors (Lipinski definition) is 3. The minimum absolute atomic E-state index is 0.0861. The topological polar surface area (TPSA) is 84.1 Å². The van der Waals surface area contributed by atoms with E-state index in [0.29, 0.717) is 6.54 Å². The first-order chi connectivity index (χ1) is 6.53. The predicted octanol–water partition coefficient (Wildman–Crippen LogP) is -0.0807. The van der Waals surface area contributed by atoms with Gasteiger partial charge in [0.1, 0.15) is 0 Å². The molecule has 0 saturated heterocycles. The maximum absolute atomic E-state index is 9.00. The predicted molar refractivity (Wildman–Crippen MR) is 54.4 cm³/mol. The van der Waals surface area contributed by atoms with Crippen LogP contribution in [0, 0.1) is 0 Å². The summed E-state index contributed by atoms with van der Waals surface area (Å²) in [5, 5.41) is 12.2. The summed E-state index contributed by atoms with van der Waals surface area (Å²) in [6.07, 6.45) is 3.34. The van der Waals surface area contributed by atoms with Crippen molar-refractivity contribution in [1.29, 1.82) is 0 Å². The van der Waals surface area contributed by atoms with E-state index in [0.717, 1.165) is 5.56 Å². The average Bonchev–Trinajstić information content (AvgIpc) is 2.17. The normalized spacial score (nSPS) is 11.6. The van der Waals surface area contributed by atoms with Crippen LogP contribution in [-0.2, 0) is 6.54 Å². The first-order valence-electron chi connectivity index (χ1n) is 4.46. The lowest BCUT2D eigenvalue weighted by Crippen LogP contribution is -2.42. The van der Waals surface area contributed by atoms with Crippen LogP contribution in [0.15, 0.2) is 12.4 Å². The van der Waals surface area contributed by atoms with Crippen LogP contribution in [0.4, 0.5) is 5.95 Å². The van der Waals surface area contributed by atoms with Gasteiger partial charge < -0.3 is 16.2 Å². The molecule has 0 aromatic carbocycles. The number of aliphatic hydroxyl groups excluding tert-OH is 1. The number of nitrogens with zero attached hydrogens (tertiary/aromatic N) is 2. The van der Waals surface area contributed by atoms with Crippen LogP contribution >= 0.6 is 0 Å². The molecule has 14 heavy (non-hydrogen) atoms. The smallest absolute Gasteiger partial charge is 0.219 e. The Bertz CT molecular complexity index is 283. The van der Waals surface area contributed by atoms with Gasteiger partial charge in [-0.25, -0.2) is 9.97 Å². The van der Waals surface area contributed by atoms with E-state index < -0.39 is 0 Å². The molecule has 0 spiro atoms. The Kier molecular flexibility index (Phi) is 3.38. The van der Waals surface area contributed by atoms with E-state index in [-0.39, 0.29) is 18.1 Å². The zero-order chi connectivity index (χ0) is 10.6. The van der Waals surface area contributed by atoms with Crippen LogP contribution in [0.1, 0.15) is 19.4 Å². The second-order valence-electron chi connectivity index (χ2n) is 3.85. The third kappa shape index (κ3) is 3.27. The lowest BCUT2D eigenvalue weighted by Gasteiger charge is -2.23. The van der Waals surface area contributed by atoms with Crippen molar-refractivity contribution in [3.05, 3.63) is 18.0 Å². The molecule has 0 aliphatic rings. The van der Waals surface area contributed by atoms with Crippen molar-refractivity contribution in [2.75, 3.05) is 12.3 Å². The largest absolute Gasteiger partial charge is 0.394 e. The molecular weight excluding hydrogens is 180 g/mol. The first kappa shape index (κ1) is 10.9. The molecule has 0 saturated carbocycles. The zero-order valence-electron chi connectivity index (χ0n) is 8.49. The number of nitrogens with one attached hydrogen (secondary N) is 1. The maximum Gasteiger partial charge on any atom is 0.219 e. The lowest BCUT2D eigenvalue weighted by atomic mass is 10.1. The van der Waals surface area contributed by atoms with Crippen molar-refractivity contribution < 1.29 is 5.11 Å². The second kappa shape index (κ2) is 4.34. The average molecular weight is 196 g/mol. The maximum atomic E-state index is 9.00. The summed E-state index contributed by atoms with van der Waals surface area (Å²) in [5.74, 6) is 0.273. The standard InChI is InChI=1S/C9H16N4O/c1-9(2,6-14)13-5-7-3-11-8(10)12-4-7/h3-4,13-14H,5-6H2,1-2H3,(H2,10,11,12). The fraction of sp³-hybridized carbons (Fsp3) is 0.556. The lowest BCUT2D eigenvalue weighted by molar-refractivity contribution is 0.187. The van der Waals surface area contributed by atoms with Gasteiger partial charge in [0.25, 0.3) is 0 Å². The summed E-state index contributed by atoms with van der Waals surface area (Å²) in [4.78, 5) is 7.74. The molecule has 0 atom stereocenters. The van der Waals surface area contributed by atoms with Gasteiger partial charge in [-0.2, -0.15) is 0 Å². The van der Waals surface area contributed by atoms with Gasteiger partial charge >= 0.3 is 0 Å². The Balaban J connectivity index is 2.50. The molecule has 0 fully saturated rings. The zero-order valence-corrected chi connectivity index (χ0v) is 8.49. The summed E-state index contributed by atoms with van der Waals surface area (Å²) < 4.78 is 0. The van der Waals surface area contributed by atoms with Crippen LogP contribution in [-0.4, -0.2) is 27.2 Å². The molecule has 0 bridgehead atoms. The number of anilines is 1. The van der Waals surface area contributed by atoms with Gasteiger partial charge in [-0.15, -0.1) is 0 Å². The van der Waals surface area contributed by atoms with Gasteiger partial charge in [0, 0.05) is 30.0 Å². The summed E-state index contributed by atoms with van der Waals surface area (Å²) >= 11 is 0. The molecule has 4 N–H and O–H groups in total. The van der Waals surface area contributed by atoms with Crippen molar-refractivity contribution in [2.45, 2.75) is 25.9 Å². The summed E-state index contributed by atoms with van der Waals surface area (Å²) in [6.45, 7) is 4.55. The molecule has 1 aromatic rings. The van der Waals surface area contributed by atoms with Crippen molar-refractivity contribution in [2.24, 2.45) is 0 Å². The minimum Gasteiger partial charge on any atom is -0.394 e. The molecule has 0 amide bonds. The van der Waals surface area contributed by atoms with Crippen molar-refractivity contribution in [3.8, 4) is 0 Å². The third-order valence-corrected chi connectivity index (χ3v) is 1.89. The third-order valence-electron chi connectivity index (χ3n) is 1.89. The number of nitrogen functional groups attached to an aromatic ring is 1. The van der Waals surface area contributed by atoms with E-state index in [4.69, 9.17) is 10.8 Å². The molecule has 5 nitrogen and oxygen atoms in total. The van der Waals surface area contributed by atoms with Crippen LogP contribution < -0.4 is 11.1 Å². The molecule has 0 radical (unpaired) electrons. The molecule has 0 aliphatic carbocycles. The van der Waals surface area contributed by atoms with E-state index in [1.54, 1.807) is 12.4 Å². The van der Waals surface area contributed by atoms with Crippen LogP contribution in [0.3, 0.4) is 0 Å². The Morgan fingerprint density at radius 2 is 2.00 bits per heavy atom. The van der Waals surface area contributed by atoms with Gasteiger partial charge in [-0.05, 0) is 13.8 Å². The fourth-order valence-corrected chi connectivity index (χ4v) is 0.853. The van der Waals surface area contributed by atoms with E-state index >= 15 is 0 Å². The quantitative estimate of drug-likeness (QED) is 0.627. The minimum atomic E-state index is -0.290. The summed E-state index contributed by atoms with van der Waals surface area (Å²) in [6, 6.07) is 0. The monoisotopic (exact) mass is 196 g/mol. The Morgan fingerprint density at radius 1 is 1.43 bits per heavy atom. The van der Waals surface area contributed by atoms with Crippen molar-refractivity contribution in [1.82, 2.24) is 15.3 Å². The molecular formula is C9H16N4O. The molecule has 0 aliphatic heterocycles. The Labute approximate surface area is 83.4 Å². The first-order valence-corrected chi connectivity index (χ1v) is 4.46. The highest BCUT2D eigenvalue weighted by Crippen LogP contribution is 2.03. The van der Waals surface area contributed by atoms with Gasteiger partial charge in [-0.1, -0.05) is 0 Å². The molecule has 5 heteroatoms. The number of nitrogens with two attached hydrogens (primary N) is 1. The number of aliphatic hydroxyl groups is 1. The molecule has 1 aromatic heterocycles. The SMILES string of the molecule is CC(C)(CO)NCc1cnc(N)nc1. The molecule has 78 valence electrons.